The van der Waals surface area contributed by atoms with E-state index < -0.39 is 11.6 Å². The van der Waals surface area contributed by atoms with Gasteiger partial charge in [-0.25, -0.2) is 13.8 Å². The second-order valence-electron chi connectivity index (χ2n) is 3.97. The van der Waals surface area contributed by atoms with Crippen LogP contribution in [0.3, 0.4) is 0 Å². The lowest BCUT2D eigenvalue weighted by atomic mass is 10.3. The van der Waals surface area contributed by atoms with Gasteiger partial charge in [0, 0.05) is 18.3 Å². The van der Waals surface area contributed by atoms with E-state index in [4.69, 9.17) is 0 Å². The minimum absolute atomic E-state index is 0.417. The zero-order chi connectivity index (χ0) is 13.7. The molecule has 0 spiro atoms. The van der Waals surface area contributed by atoms with Crippen molar-refractivity contribution < 1.29 is 8.78 Å². The Kier molecular flexibility index (Phi) is 4.22. The van der Waals surface area contributed by atoms with Crippen LogP contribution in [-0.4, -0.2) is 16.5 Å². The van der Waals surface area contributed by atoms with Crippen LogP contribution >= 0.6 is 0 Å². The quantitative estimate of drug-likeness (QED) is 0.869. The molecule has 0 aliphatic carbocycles. The molecule has 0 radical (unpaired) electrons. The summed E-state index contributed by atoms with van der Waals surface area (Å²) in [5.41, 5.74) is 0.417. The number of anilines is 3. The molecule has 0 aliphatic rings. The number of nitrogens with one attached hydrogen (secondary N) is 2. The zero-order valence-corrected chi connectivity index (χ0v) is 10.5. The molecular formula is C13H14F2N4. The Morgan fingerprint density at radius 2 is 1.89 bits per heavy atom. The summed E-state index contributed by atoms with van der Waals surface area (Å²) in [6.07, 6.45) is 4.09. The normalized spacial score (nSPS) is 10.3. The summed E-state index contributed by atoms with van der Waals surface area (Å²) < 4.78 is 25.9. The molecule has 4 nitrogen and oxygen atoms in total. The van der Waals surface area contributed by atoms with E-state index >= 15 is 0 Å². The molecule has 6 heteroatoms. The predicted octanol–water partition coefficient (Wildman–Crippen LogP) is 3.32. The number of aromatic nitrogens is 2. The summed E-state index contributed by atoms with van der Waals surface area (Å²) in [7, 11) is 0. The first-order chi connectivity index (χ1) is 9.19. The number of nitrogens with zero attached hydrogens (tertiary/aromatic N) is 2. The molecule has 0 atom stereocenters. The molecule has 0 amide bonds. The molecule has 2 N–H and O–H groups in total. The van der Waals surface area contributed by atoms with E-state index in [1.165, 1.54) is 12.3 Å². The molecule has 2 rings (SSSR count). The Bertz CT molecular complexity index is 560. The average Bonchev–Trinajstić information content (AvgIpc) is 2.41. The minimum atomic E-state index is -0.904. The van der Waals surface area contributed by atoms with Gasteiger partial charge in [0.25, 0.3) is 0 Å². The highest BCUT2D eigenvalue weighted by Gasteiger charge is 2.04. The predicted molar refractivity (Wildman–Crippen MR) is 70.5 cm³/mol. The Labute approximate surface area is 109 Å². The molecule has 0 saturated heterocycles. The first-order valence-electron chi connectivity index (χ1n) is 5.97. The Balaban J connectivity index is 2.11. The maximum Gasteiger partial charge on any atom is 0.160 e. The van der Waals surface area contributed by atoms with E-state index in [0.29, 0.717) is 17.3 Å². The summed E-state index contributed by atoms with van der Waals surface area (Å²) in [5, 5.41) is 5.96. The number of hydrogen-bond acceptors (Lipinski definition) is 4. The fraction of sp³-hybridized carbons (Fsp3) is 0.231. The topological polar surface area (TPSA) is 49.8 Å². The highest BCUT2D eigenvalue weighted by Crippen LogP contribution is 2.17. The highest BCUT2D eigenvalue weighted by atomic mass is 19.2. The van der Waals surface area contributed by atoms with E-state index in [2.05, 4.69) is 20.6 Å². The van der Waals surface area contributed by atoms with Gasteiger partial charge < -0.3 is 10.6 Å². The van der Waals surface area contributed by atoms with Crippen LogP contribution in [0.4, 0.5) is 26.1 Å². The molecule has 0 fully saturated rings. The van der Waals surface area contributed by atoms with E-state index in [-0.39, 0.29) is 0 Å². The molecule has 1 aromatic heterocycles. The molecule has 0 bridgehead atoms. The summed E-state index contributed by atoms with van der Waals surface area (Å²) in [5.74, 6) is -0.685. The SMILES string of the molecule is CCCNc1cncc(Nc2ccc(F)c(F)c2)n1. The number of hydrogen-bond donors (Lipinski definition) is 2. The third-order valence-electron chi connectivity index (χ3n) is 2.38. The van der Waals surface area contributed by atoms with Crippen molar-refractivity contribution in [3.8, 4) is 0 Å². The highest BCUT2D eigenvalue weighted by molar-refractivity contribution is 5.56. The van der Waals surface area contributed by atoms with Gasteiger partial charge in [-0.3, -0.25) is 4.98 Å². The monoisotopic (exact) mass is 264 g/mol. The van der Waals surface area contributed by atoms with Gasteiger partial charge in [0.1, 0.15) is 5.82 Å². The number of benzene rings is 1. The van der Waals surface area contributed by atoms with Crippen molar-refractivity contribution in [2.75, 3.05) is 17.2 Å². The van der Waals surface area contributed by atoms with Gasteiger partial charge in [-0.05, 0) is 18.6 Å². The molecule has 0 saturated carbocycles. The van der Waals surface area contributed by atoms with Crippen LogP contribution in [0.1, 0.15) is 13.3 Å². The van der Waals surface area contributed by atoms with Crippen molar-refractivity contribution >= 4 is 17.3 Å². The molecule has 19 heavy (non-hydrogen) atoms. The molecular weight excluding hydrogens is 250 g/mol. The fourth-order valence-electron chi connectivity index (χ4n) is 1.49. The molecule has 1 aromatic carbocycles. The van der Waals surface area contributed by atoms with Crippen molar-refractivity contribution in [2.45, 2.75) is 13.3 Å². The van der Waals surface area contributed by atoms with Crippen LogP contribution in [-0.2, 0) is 0 Å². The van der Waals surface area contributed by atoms with Gasteiger partial charge in [0.15, 0.2) is 17.5 Å². The molecule has 2 aromatic rings. The number of rotatable bonds is 5. The van der Waals surface area contributed by atoms with Gasteiger partial charge in [-0.2, -0.15) is 0 Å². The van der Waals surface area contributed by atoms with Crippen molar-refractivity contribution in [2.24, 2.45) is 0 Å². The van der Waals surface area contributed by atoms with Crippen LogP contribution in [0.15, 0.2) is 30.6 Å². The third kappa shape index (κ3) is 3.61. The Hall–Kier alpha value is -2.24. The molecule has 100 valence electrons. The van der Waals surface area contributed by atoms with Crippen LogP contribution in [0.25, 0.3) is 0 Å². The lowest BCUT2D eigenvalue weighted by Crippen LogP contribution is -2.04. The summed E-state index contributed by atoms with van der Waals surface area (Å²) in [6, 6.07) is 3.57. The second-order valence-corrected chi connectivity index (χ2v) is 3.97. The smallest absolute Gasteiger partial charge is 0.160 e. The zero-order valence-electron chi connectivity index (χ0n) is 10.5. The summed E-state index contributed by atoms with van der Waals surface area (Å²) >= 11 is 0. The molecule has 0 unspecified atom stereocenters. The minimum Gasteiger partial charge on any atom is -0.369 e. The summed E-state index contributed by atoms with van der Waals surface area (Å²) in [6.45, 7) is 2.84. The van der Waals surface area contributed by atoms with Crippen LogP contribution in [0, 0.1) is 11.6 Å². The van der Waals surface area contributed by atoms with Crippen LogP contribution in [0.5, 0.6) is 0 Å². The van der Waals surface area contributed by atoms with Crippen LogP contribution in [0.2, 0.25) is 0 Å². The van der Waals surface area contributed by atoms with Crippen molar-refractivity contribution in [3.05, 3.63) is 42.2 Å². The standard InChI is InChI=1S/C13H14F2N4/c1-2-5-17-12-7-16-8-13(19-12)18-9-3-4-10(14)11(15)6-9/h3-4,6-8H,2,5H2,1H3,(H2,17,18,19). The Morgan fingerprint density at radius 3 is 2.63 bits per heavy atom. The lowest BCUT2D eigenvalue weighted by Gasteiger charge is -2.08. The van der Waals surface area contributed by atoms with Crippen molar-refractivity contribution in [1.82, 2.24) is 9.97 Å². The number of halogens is 2. The largest absolute Gasteiger partial charge is 0.369 e. The van der Waals surface area contributed by atoms with Gasteiger partial charge in [0.05, 0.1) is 12.4 Å². The van der Waals surface area contributed by atoms with Crippen molar-refractivity contribution in [3.63, 3.8) is 0 Å². The van der Waals surface area contributed by atoms with Gasteiger partial charge >= 0.3 is 0 Å². The maximum absolute atomic E-state index is 13.1. The first kappa shape index (κ1) is 13.2. The summed E-state index contributed by atoms with van der Waals surface area (Å²) in [4.78, 5) is 8.28. The van der Waals surface area contributed by atoms with Crippen LogP contribution < -0.4 is 10.6 Å². The first-order valence-corrected chi connectivity index (χ1v) is 5.97. The van der Waals surface area contributed by atoms with E-state index in [0.717, 1.165) is 25.1 Å². The lowest BCUT2D eigenvalue weighted by molar-refractivity contribution is 0.509. The van der Waals surface area contributed by atoms with Gasteiger partial charge in [-0.15, -0.1) is 0 Å². The molecule has 0 aliphatic heterocycles. The van der Waals surface area contributed by atoms with Crippen molar-refractivity contribution in [1.29, 1.82) is 0 Å². The molecule has 1 heterocycles. The Morgan fingerprint density at radius 1 is 1.11 bits per heavy atom. The maximum atomic E-state index is 13.1. The van der Waals surface area contributed by atoms with E-state index in [9.17, 15) is 8.78 Å². The van der Waals surface area contributed by atoms with E-state index in [1.54, 1.807) is 6.20 Å². The second kappa shape index (κ2) is 6.08. The fourth-order valence-corrected chi connectivity index (χ4v) is 1.49. The third-order valence-corrected chi connectivity index (χ3v) is 2.38. The van der Waals surface area contributed by atoms with E-state index in [1.807, 2.05) is 6.92 Å². The van der Waals surface area contributed by atoms with Gasteiger partial charge in [0.2, 0.25) is 0 Å². The van der Waals surface area contributed by atoms with Gasteiger partial charge in [-0.1, -0.05) is 6.92 Å². The average molecular weight is 264 g/mol.